The van der Waals surface area contributed by atoms with Gasteiger partial charge in [0.25, 0.3) is 5.91 Å². The monoisotopic (exact) mass is 344 g/mol. The molecule has 1 aliphatic rings. The Hall–Kier alpha value is -2.09. The first kappa shape index (κ1) is 18.3. The minimum absolute atomic E-state index is 0.0725. The summed E-state index contributed by atoms with van der Waals surface area (Å²) < 4.78 is 43.7. The van der Waals surface area contributed by atoms with Crippen molar-refractivity contribution in [3.05, 3.63) is 35.4 Å². The number of likely N-dealkylation sites (tertiary alicyclic amines) is 1. The molecule has 0 spiro atoms. The van der Waals surface area contributed by atoms with Gasteiger partial charge in [0, 0.05) is 19.2 Å². The molecule has 1 saturated heterocycles. The molecule has 0 bridgehead atoms. The Balaban J connectivity index is 2.35. The second-order valence-electron chi connectivity index (χ2n) is 5.94. The van der Waals surface area contributed by atoms with E-state index in [9.17, 15) is 22.8 Å². The number of rotatable bonds is 5. The molecule has 0 aliphatic carbocycles. The molecule has 0 aromatic heterocycles. The lowest BCUT2D eigenvalue weighted by Crippen LogP contribution is -2.52. The third-order valence-corrected chi connectivity index (χ3v) is 4.19. The van der Waals surface area contributed by atoms with Crippen molar-refractivity contribution in [2.24, 2.45) is 5.73 Å². The third kappa shape index (κ3) is 3.69. The van der Waals surface area contributed by atoms with Crippen LogP contribution < -0.4 is 5.73 Å². The summed E-state index contributed by atoms with van der Waals surface area (Å²) in [5, 5.41) is 0. The number of alkyl halides is 3. The highest BCUT2D eigenvalue weighted by atomic mass is 19.4. The van der Waals surface area contributed by atoms with Crippen LogP contribution >= 0.6 is 0 Å². The summed E-state index contributed by atoms with van der Waals surface area (Å²) in [6, 6.07) is 4.25. The molecular weight excluding hydrogens is 325 g/mol. The number of methoxy groups -OCH3 is 1. The highest BCUT2D eigenvalue weighted by molar-refractivity contribution is 5.95. The largest absolute Gasteiger partial charge is 0.416 e. The summed E-state index contributed by atoms with van der Waals surface area (Å²) in [6.45, 7) is 0.437. The Labute approximate surface area is 137 Å². The Kier molecular flexibility index (Phi) is 5.17. The normalized spacial score (nSPS) is 21.1. The van der Waals surface area contributed by atoms with Crippen molar-refractivity contribution in [3.63, 3.8) is 0 Å². The average Bonchev–Trinajstić information content (AvgIpc) is 2.88. The zero-order valence-corrected chi connectivity index (χ0v) is 13.2. The van der Waals surface area contributed by atoms with Gasteiger partial charge in [-0.2, -0.15) is 13.2 Å². The third-order valence-electron chi connectivity index (χ3n) is 4.19. The van der Waals surface area contributed by atoms with Crippen molar-refractivity contribution in [1.29, 1.82) is 0 Å². The van der Waals surface area contributed by atoms with Crippen molar-refractivity contribution in [1.82, 2.24) is 4.90 Å². The highest BCUT2D eigenvalue weighted by Crippen LogP contribution is 2.35. The summed E-state index contributed by atoms with van der Waals surface area (Å²) in [4.78, 5) is 25.6. The van der Waals surface area contributed by atoms with E-state index in [1.165, 1.54) is 24.1 Å². The molecule has 0 saturated carbocycles. The van der Waals surface area contributed by atoms with E-state index in [2.05, 4.69) is 0 Å². The molecule has 5 nitrogen and oxygen atoms in total. The maximum atomic E-state index is 12.8. The van der Waals surface area contributed by atoms with E-state index in [1.54, 1.807) is 0 Å². The van der Waals surface area contributed by atoms with Gasteiger partial charge in [0.15, 0.2) is 0 Å². The molecule has 0 radical (unpaired) electrons. The zero-order valence-electron chi connectivity index (χ0n) is 13.2. The van der Waals surface area contributed by atoms with Crippen molar-refractivity contribution in [3.8, 4) is 0 Å². The number of hydrogen-bond donors (Lipinski definition) is 1. The Morgan fingerprint density at radius 3 is 2.67 bits per heavy atom. The second kappa shape index (κ2) is 6.80. The van der Waals surface area contributed by atoms with E-state index < -0.39 is 29.1 Å². The Bertz CT molecular complexity index is 633. The molecule has 0 unspecified atom stereocenters. The number of carbonyl (C=O) groups excluding carboxylic acids is 2. The van der Waals surface area contributed by atoms with E-state index in [0.29, 0.717) is 19.4 Å². The fraction of sp³-hybridized carbons (Fsp3) is 0.500. The zero-order chi connectivity index (χ0) is 18.0. The molecule has 2 amide bonds. The smallest absolute Gasteiger partial charge is 0.382 e. The van der Waals surface area contributed by atoms with Gasteiger partial charge in [0.2, 0.25) is 5.91 Å². The summed E-state index contributed by atoms with van der Waals surface area (Å²) in [7, 11) is 1.44. The number of ether oxygens (including phenoxy) is 1. The van der Waals surface area contributed by atoms with Gasteiger partial charge >= 0.3 is 6.18 Å². The van der Waals surface area contributed by atoms with Crippen LogP contribution in [-0.2, 0) is 15.7 Å². The van der Waals surface area contributed by atoms with Gasteiger partial charge in [-0.25, -0.2) is 0 Å². The molecule has 2 N–H and O–H groups in total. The van der Waals surface area contributed by atoms with Crippen LogP contribution in [0.4, 0.5) is 13.2 Å². The minimum atomic E-state index is -4.53. The van der Waals surface area contributed by atoms with Crippen molar-refractivity contribution in [2.75, 3.05) is 20.3 Å². The van der Waals surface area contributed by atoms with Crippen molar-refractivity contribution >= 4 is 11.8 Å². The number of amides is 2. The second-order valence-corrected chi connectivity index (χ2v) is 5.94. The lowest BCUT2D eigenvalue weighted by atomic mass is 9.91. The molecule has 1 atom stereocenters. The van der Waals surface area contributed by atoms with E-state index in [0.717, 1.165) is 12.1 Å². The maximum absolute atomic E-state index is 12.8. The van der Waals surface area contributed by atoms with Gasteiger partial charge in [-0.05, 0) is 31.0 Å². The van der Waals surface area contributed by atoms with Gasteiger partial charge in [-0.15, -0.1) is 0 Å². The number of primary amides is 1. The molecule has 1 aromatic rings. The predicted octanol–water partition coefficient (Wildman–Crippen LogP) is 2.20. The molecule has 8 heteroatoms. The van der Waals surface area contributed by atoms with Crippen LogP contribution in [0.5, 0.6) is 0 Å². The summed E-state index contributed by atoms with van der Waals surface area (Å²) in [5.41, 5.74) is 3.42. The SMILES string of the molecule is COC[C@]1(CC(N)=O)CCCN1C(=O)c1cccc(C(F)(F)F)c1. The quantitative estimate of drug-likeness (QED) is 0.890. The highest BCUT2D eigenvalue weighted by Gasteiger charge is 2.45. The van der Waals surface area contributed by atoms with Crippen LogP contribution in [0.3, 0.4) is 0 Å². The number of halogens is 3. The molecule has 2 rings (SSSR count). The van der Waals surface area contributed by atoms with Gasteiger partial charge in [-0.3, -0.25) is 9.59 Å². The lowest BCUT2D eigenvalue weighted by molar-refractivity contribution is -0.137. The summed E-state index contributed by atoms with van der Waals surface area (Å²) >= 11 is 0. The number of benzene rings is 1. The van der Waals surface area contributed by atoms with Gasteiger partial charge in [0.05, 0.1) is 24.1 Å². The minimum Gasteiger partial charge on any atom is -0.382 e. The number of nitrogens with zero attached hydrogens (tertiary/aromatic N) is 1. The van der Waals surface area contributed by atoms with Crippen LogP contribution in [0.1, 0.15) is 35.2 Å². The van der Waals surface area contributed by atoms with Crippen molar-refractivity contribution in [2.45, 2.75) is 31.0 Å². The number of carbonyl (C=O) groups is 2. The average molecular weight is 344 g/mol. The van der Waals surface area contributed by atoms with E-state index in [1.807, 2.05) is 0 Å². The van der Waals surface area contributed by atoms with Crippen LogP contribution in [0.15, 0.2) is 24.3 Å². The Morgan fingerprint density at radius 2 is 2.08 bits per heavy atom. The number of nitrogens with two attached hydrogens (primary N) is 1. The molecule has 1 aromatic carbocycles. The van der Waals surface area contributed by atoms with E-state index in [4.69, 9.17) is 10.5 Å². The topological polar surface area (TPSA) is 72.6 Å². The molecule has 24 heavy (non-hydrogen) atoms. The van der Waals surface area contributed by atoms with Crippen molar-refractivity contribution < 1.29 is 27.5 Å². The molecule has 1 aliphatic heterocycles. The first-order valence-corrected chi connectivity index (χ1v) is 7.46. The number of hydrogen-bond acceptors (Lipinski definition) is 3. The maximum Gasteiger partial charge on any atom is 0.416 e. The van der Waals surface area contributed by atoms with E-state index in [-0.39, 0.29) is 18.6 Å². The molecule has 132 valence electrons. The van der Waals surface area contributed by atoms with Crippen LogP contribution in [0.2, 0.25) is 0 Å². The first-order chi connectivity index (χ1) is 11.2. The Morgan fingerprint density at radius 1 is 1.38 bits per heavy atom. The van der Waals surface area contributed by atoms with Gasteiger partial charge in [-0.1, -0.05) is 6.07 Å². The van der Waals surface area contributed by atoms with E-state index >= 15 is 0 Å². The van der Waals surface area contributed by atoms with Crippen LogP contribution in [0, 0.1) is 0 Å². The summed E-state index contributed by atoms with van der Waals surface area (Å²) in [5.74, 6) is -1.15. The van der Waals surface area contributed by atoms with Crippen LogP contribution in [0.25, 0.3) is 0 Å². The molecule has 1 fully saturated rings. The molecule has 1 heterocycles. The fourth-order valence-corrected chi connectivity index (χ4v) is 3.22. The first-order valence-electron chi connectivity index (χ1n) is 7.46. The predicted molar refractivity (Wildman–Crippen MR) is 80.1 cm³/mol. The van der Waals surface area contributed by atoms with Crippen LogP contribution in [-0.4, -0.2) is 42.5 Å². The molecular formula is C16H19F3N2O3. The van der Waals surface area contributed by atoms with Gasteiger partial charge < -0.3 is 15.4 Å². The lowest BCUT2D eigenvalue weighted by Gasteiger charge is -2.37. The standard InChI is InChI=1S/C16H19F3N2O3/c1-24-10-15(9-13(20)22)6-3-7-21(15)14(23)11-4-2-5-12(8-11)16(17,18)19/h2,4-5,8H,3,6-7,9-10H2,1H3,(H2,20,22)/t15-/m1/s1. The van der Waals surface area contributed by atoms with Gasteiger partial charge in [0.1, 0.15) is 0 Å². The fourth-order valence-electron chi connectivity index (χ4n) is 3.22. The summed E-state index contributed by atoms with van der Waals surface area (Å²) in [6.07, 6.45) is -3.49.